The number of ether oxygens (including phenoxy) is 3. The average molecular weight is 392 g/mol. The van der Waals surface area contributed by atoms with Crippen LogP contribution in [0.2, 0.25) is 0 Å². The lowest BCUT2D eigenvalue weighted by molar-refractivity contribution is -0.122. The van der Waals surface area contributed by atoms with Gasteiger partial charge in [0, 0.05) is 19.3 Å². The molecule has 0 radical (unpaired) electrons. The number of hydrogen-bond donors (Lipinski definition) is 1. The summed E-state index contributed by atoms with van der Waals surface area (Å²) in [6, 6.07) is 4.78. The number of nitrogens with zero attached hydrogens (tertiary/aromatic N) is 1. The number of hydrogen-bond acceptors (Lipinski definition) is 6. The zero-order valence-electron chi connectivity index (χ0n) is 17.0. The molecule has 2 amide bonds. The highest BCUT2D eigenvalue weighted by Gasteiger charge is 2.29. The summed E-state index contributed by atoms with van der Waals surface area (Å²) in [6.07, 6.45) is 0.642. The summed E-state index contributed by atoms with van der Waals surface area (Å²) in [5.41, 5.74) is 1.33. The third kappa shape index (κ3) is 5.69. The number of benzene rings is 1. The number of carbonyl (C=O) groups is 3. The molecule has 0 aliphatic carbocycles. The van der Waals surface area contributed by atoms with E-state index in [0.717, 1.165) is 5.56 Å². The molecule has 0 spiro atoms. The molecule has 0 saturated heterocycles. The largest absolute Gasteiger partial charge is 0.465 e. The van der Waals surface area contributed by atoms with Gasteiger partial charge in [0.1, 0.15) is 12.2 Å². The number of methoxy groups -OCH3 is 2. The third-order valence-electron chi connectivity index (χ3n) is 4.25. The molecule has 8 nitrogen and oxygen atoms in total. The van der Waals surface area contributed by atoms with E-state index in [2.05, 4.69) is 5.32 Å². The van der Waals surface area contributed by atoms with Crippen molar-refractivity contribution in [3.63, 3.8) is 0 Å². The minimum Gasteiger partial charge on any atom is -0.465 e. The Hall–Kier alpha value is -2.61. The molecule has 2 rings (SSSR count). The van der Waals surface area contributed by atoms with Crippen molar-refractivity contribution >= 4 is 23.7 Å². The molecular formula is C20H28N2O6. The molecule has 1 aromatic rings. The van der Waals surface area contributed by atoms with Crippen LogP contribution in [0.1, 0.15) is 43.1 Å². The van der Waals surface area contributed by atoms with Gasteiger partial charge in [-0.15, -0.1) is 0 Å². The Morgan fingerprint density at radius 1 is 1.21 bits per heavy atom. The Balaban J connectivity index is 2.27. The summed E-state index contributed by atoms with van der Waals surface area (Å²) in [7, 11) is 2.77. The van der Waals surface area contributed by atoms with E-state index in [-0.39, 0.29) is 25.1 Å². The summed E-state index contributed by atoms with van der Waals surface area (Å²) in [4.78, 5) is 38.2. The zero-order chi connectivity index (χ0) is 20.9. The van der Waals surface area contributed by atoms with Crippen LogP contribution >= 0.6 is 0 Å². The van der Waals surface area contributed by atoms with Gasteiger partial charge in [0.05, 0.1) is 18.7 Å². The minimum absolute atomic E-state index is 0.0860. The first-order valence-corrected chi connectivity index (χ1v) is 9.14. The number of aryl methyl sites for hydroxylation is 1. The van der Waals surface area contributed by atoms with Crippen LogP contribution in [-0.2, 0) is 25.4 Å². The van der Waals surface area contributed by atoms with Crippen molar-refractivity contribution in [1.29, 1.82) is 0 Å². The summed E-state index contributed by atoms with van der Waals surface area (Å²) in [6.45, 7) is 5.57. The average Bonchev–Trinajstić information content (AvgIpc) is 2.79. The number of esters is 1. The first kappa shape index (κ1) is 21.7. The smallest absolute Gasteiger partial charge is 0.407 e. The Morgan fingerprint density at radius 2 is 1.93 bits per heavy atom. The topological polar surface area (TPSA) is 94.2 Å². The number of rotatable bonds is 4. The van der Waals surface area contributed by atoms with Gasteiger partial charge in [-0.2, -0.15) is 0 Å². The normalized spacial score (nSPS) is 16.6. The van der Waals surface area contributed by atoms with Gasteiger partial charge >= 0.3 is 12.1 Å². The molecule has 1 unspecified atom stereocenters. The molecule has 0 fully saturated rings. The van der Waals surface area contributed by atoms with Gasteiger partial charge in [-0.3, -0.25) is 4.79 Å². The fourth-order valence-electron chi connectivity index (χ4n) is 3.06. The van der Waals surface area contributed by atoms with Crippen LogP contribution in [0.25, 0.3) is 0 Å². The molecule has 0 aromatic heterocycles. The van der Waals surface area contributed by atoms with Crippen molar-refractivity contribution in [3.05, 3.63) is 29.3 Å². The van der Waals surface area contributed by atoms with Crippen LogP contribution in [0.3, 0.4) is 0 Å². The lowest BCUT2D eigenvalue weighted by atomic mass is 10.0. The van der Waals surface area contributed by atoms with E-state index in [1.165, 1.54) is 14.2 Å². The second-order valence-corrected chi connectivity index (χ2v) is 7.65. The van der Waals surface area contributed by atoms with Gasteiger partial charge in [0.2, 0.25) is 0 Å². The highest BCUT2D eigenvalue weighted by atomic mass is 16.6. The first-order chi connectivity index (χ1) is 13.1. The number of nitrogens with one attached hydrogen (secondary N) is 1. The Bertz CT molecular complexity index is 741. The molecule has 0 bridgehead atoms. The van der Waals surface area contributed by atoms with Crippen LogP contribution in [0, 0.1) is 0 Å². The summed E-state index contributed by atoms with van der Waals surface area (Å²) < 4.78 is 15.1. The van der Waals surface area contributed by atoms with E-state index >= 15 is 0 Å². The van der Waals surface area contributed by atoms with E-state index < -0.39 is 17.7 Å². The highest BCUT2D eigenvalue weighted by Crippen LogP contribution is 2.28. The molecule has 0 saturated carbocycles. The molecular weight excluding hydrogens is 364 g/mol. The molecule has 1 atom stereocenters. The van der Waals surface area contributed by atoms with Gasteiger partial charge in [0.15, 0.2) is 0 Å². The van der Waals surface area contributed by atoms with Crippen LogP contribution < -0.4 is 10.2 Å². The van der Waals surface area contributed by atoms with Crippen LogP contribution in [0.5, 0.6) is 0 Å². The van der Waals surface area contributed by atoms with Crippen LogP contribution in [-0.4, -0.2) is 57.0 Å². The molecule has 154 valence electrons. The standard InChI is InChI=1S/C20H28N2O6/c1-20(2,3)28-19(25)21-15-8-6-13-10-14(18(24)27-5)7-9-16(13)22(11-15)17(23)12-26-4/h7,9-10,15H,6,8,11-12H2,1-5H3,(H,21,25). The van der Waals surface area contributed by atoms with E-state index in [9.17, 15) is 14.4 Å². The van der Waals surface area contributed by atoms with Crippen molar-refractivity contribution in [2.45, 2.75) is 45.3 Å². The Kier molecular flexibility index (Phi) is 7.01. The maximum absolute atomic E-state index is 12.6. The van der Waals surface area contributed by atoms with E-state index in [0.29, 0.717) is 24.1 Å². The number of anilines is 1. The number of fused-ring (bicyclic) bond motifs is 1. The SMILES string of the molecule is COCC(=O)N1CC(NC(=O)OC(C)(C)C)CCc2cc(C(=O)OC)ccc21. The monoisotopic (exact) mass is 392 g/mol. The van der Waals surface area contributed by atoms with Crippen molar-refractivity contribution in [3.8, 4) is 0 Å². The summed E-state index contributed by atoms with van der Waals surface area (Å²) >= 11 is 0. The maximum atomic E-state index is 12.6. The highest BCUT2D eigenvalue weighted by molar-refractivity contribution is 5.97. The van der Waals surface area contributed by atoms with Crippen LogP contribution in [0.15, 0.2) is 18.2 Å². The molecule has 1 aliphatic rings. The van der Waals surface area contributed by atoms with Gasteiger partial charge in [-0.25, -0.2) is 9.59 Å². The Morgan fingerprint density at radius 3 is 2.54 bits per heavy atom. The van der Waals surface area contributed by atoms with Crippen molar-refractivity contribution in [2.24, 2.45) is 0 Å². The minimum atomic E-state index is -0.612. The molecule has 28 heavy (non-hydrogen) atoms. The van der Waals surface area contributed by atoms with E-state index in [1.54, 1.807) is 43.9 Å². The lowest BCUT2D eigenvalue weighted by Crippen LogP contribution is -2.47. The second kappa shape index (κ2) is 9.05. The number of carbonyl (C=O) groups excluding carboxylic acids is 3. The van der Waals surface area contributed by atoms with Gasteiger partial charge in [-0.1, -0.05) is 0 Å². The predicted octanol–water partition coefficient (Wildman–Crippen LogP) is 2.29. The Labute approximate surface area is 165 Å². The maximum Gasteiger partial charge on any atom is 0.407 e. The molecule has 1 heterocycles. The third-order valence-corrected chi connectivity index (χ3v) is 4.25. The van der Waals surface area contributed by atoms with Crippen molar-refractivity contribution in [1.82, 2.24) is 5.32 Å². The van der Waals surface area contributed by atoms with Gasteiger partial charge in [-0.05, 0) is 57.4 Å². The van der Waals surface area contributed by atoms with Crippen molar-refractivity contribution < 1.29 is 28.6 Å². The van der Waals surface area contributed by atoms with Gasteiger partial charge in [0.25, 0.3) is 5.91 Å². The quantitative estimate of drug-likeness (QED) is 0.790. The zero-order valence-corrected chi connectivity index (χ0v) is 17.0. The first-order valence-electron chi connectivity index (χ1n) is 9.14. The lowest BCUT2D eigenvalue weighted by Gasteiger charge is -2.27. The molecule has 1 N–H and O–H groups in total. The molecule has 1 aromatic carbocycles. The number of alkyl carbamates (subject to hydrolysis) is 1. The fourth-order valence-corrected chi connectivity index (χ4v) is 3.06. The number of amides is 2. The van der Waals surface area contributed by atoms with Crippen LogP contribution in [0.4, 0.5) is 10.5 Å². The van der Waals surface area contributed by atoms with E-state index in [1.807, 2.05) is 0 Å². The van der Waals surface area contributed by atoms with Crippen molar-refractivity contribution in [2.75, 3.05) is 32.3 Å². The second-order valence-electron chi connectivity index (χ2n) is 7.65. The van der Waals surface area contributed by atoms with Gasteiger partial charge < -0.3 is 24.4 Å². The summed E-state index contributed by atoms with van der Waals surface area (Å²) in [5, 5.41) is 2.84. The molecule has 8 heteroatoms. The predicted molar refractivity (Wildman–Crippen MR) is 103 cm³/mol. The fraction of sp³-hybridized carbons (Fsp3) is 0.550. The molecule has 1 aliphatic heterocycles. The summed E-state index contributed by atoms with van der Waals surface area (Å²) in [5.74, 6) is -0.669. The van der Waals surface area contributed by atoms with E-state index in [4.69, 9.17) is 14.2 Å².